The number of hydrogen-bond donors (Lipinski definition) is 0. The largest absolute Gasteiger partial charge is 0.497 e. The molecular weight excluding hydrogens is 408 g/mol. The minimum absolute atomic E-state index is 0.356. The highest BCUT2D eigenvalue weighted by Gasteiger charge is 2.17. The van der Waals surface area contributed by atoms with Gasteiger partial charge in [-0.2, -0.15) is 5.10 Å². The van der Waals surface area contributed by atoms with Gasteiger partial charge in [-0.15, -0.1) is 11.3 Å². The van der Waals surface area contributed by atoms with Crippen LogP contribution in [-0.2, 0) is 0 Å². The van der Waals surface area contributed by atoms with Crippen molar-refractivity contribution in [3.8, 4) is 22.8 Å². The highest BCUT2D eigenvalue weighted by molar-refractivity contribution is 7.07. The number of hydrogen-bond acceptors (Lipinski definition) is 6. The van der Waals surface area contributed by atoms with Gasteiger partial charge in [0.25, 0.3) is 0 Å². The summed E-state index contributed by atoms with van der Waals surface area (Å²) >= 11 is 1.61. The Balaban J connectivity index is 1.85. The second kappa shape index (κ2) is 9.92. The number of benzene rings is 1. The molecule has 0 spiro atoms. The van der Waals surface area contributed by atoms with E-state index in [0.717, 1.165) is 51.8 Å². The van der Waals surface area contributed by atoms with Crippen LogP contribution in [0.3, 0.4) is 0 Å². The monoisotopic (exact) mass is 436 g/mol. The van der Waals surface area contributed by atoms with Crippen molar-refractivity contribution < 1.29 is 9.47 Å². The lowest BCUT2D eigenvalue weighted by Gasteiger charge is -2.17. The van der Waals surface area contributed by atoms with Gasteiger partial charge in [0, 0.05) is 23.2 Å². The van der Waals surface area contributed by atoms with Gasteiger partial charge in [-0.25, -0.2) is 4.68 Å². The normalized spacial score (nSPS) is 15.8. The molecular formula is C24H28N4O2S. The van der Waals surface area contributed by atoms with Crippen LogP contribution in [0.1, 0.15) is 44.7 Å². The Morgan fingerprint density at radius 1 is 1.10 bits per heavy atom. The van der Waals surface area contributed by atoms with Gasteiger partial charge >= 0.3 is 0 Å². The molecule has 7 heteroatoms. The van der Waals surface area contributed by atoms with Crippen molar-refractivity contribution >= 4 is 17.0 Å². The number of rotatable bonds is 6. The third-order valence-corrected chi connectivity index (χ3v) is 6.35. The summed E-state index contributed by atoms with van der Waals surface area (Å²) in [7, 11) is 3.32. The fraction of sp³-hybridized carbons (Fsp3) is 0.375. The lowest BCUT2D eigenvalue weighted by molar-refractivity contribution is 0.395. The van der Waals surface area contributed by atoms with E-state index in [1.807, 2.05) is 48.0 Å². The summed E-state index contributed by atoms with van der Waals surface area (Å²) in [4.78, 5) is 10.4. The topological polar surface area (TPSA) is 61.0 Å². The van der Waals surface area contributed by atoms with Crippen LogP contribution < -0.4 is 14.3 Å². The van der Waals surface area contributed by atoms with Gasteiger partial charge in [-0.1, -0.05) is 25.3 Å². The first-order valence-corrected chi connectivity index (χ1v) is 11.5. The van der Waals surface area contributed by atoms with Crippen LogP contribution in [0, 0.1) is 0 Å². The second-order valence-electron chi connectivity index (χ2n) is 7.60. The standard InChI is InChI=1S/C24H28N4O2S/c1-17(21-11-7-8-14-25-21)27-28-22(20-13-12-19(29-2)15-23(20)30-3)16-31-24(28)26-18-9-5-4-6-10-18/h7-8,11-16,18H,4-6,9-10H2,1-3H3. The molecule has 1 aliphatic carbocycles. The summed E-state index contributed by atoms with van der Waals surface area (Å²) in [5.41, 5.74) is 3.56. The molecule has 0 atom stereocenters. The van der Waals surface area contributed by atoms with Crippen LogP contribution in [0.2, 0.25) is 0 Å². The van der Waals surface area contributed by atoms with Gasteiger partial charge in [-0.3, -0.25) is 9.98 Å². The Morgan fingerprint density at radius 3 is 2.65 bits per heavy atom. The molecule has 0 amide bonds. The zero-order chi connectivity index (χ0) is 21.6. The molecule has 6 nitrogen and oxygen atoms in total. The Morgan fingerprint density at radius 2 is 1.94 bits per heavy atom. The van der Waals surface area contributed by atoms with Crippen molar-refractivity contribution in [2.24, 2.45) is 10.1 Å². The van der Waals surface area contributed by atoms with Crippen LogP contribution in [0.15, 0.2) is 58.1 Å². The van der Waals surface area contributed by atoms with Gasteiger partial charge in [0.05, 0.1) is 37.4 Å². The molecule has 0 bridgehead atoms. The van der Waals surface area contributed by atoms with E-state index in [1.165, 1.54) is 19.3 Å². The van der Waals surface area contributed by atoms with E-state index < -0.39 is 0 Å². The Kier molecular flexibility index (Phi) is 6.82. The van der Waals surface area contributed by atoms with E-state index in [-0.39, 0.29) is 0 Å². The number of pyridine rings is 1. The van der Waals surface area contributed by atoms with E-state index in [2.05, 4.69) is 10.4 Å². The van der Waals surface area contributed by atoms with Crippen LogP contribution >= 0.6 is 11.3 Å². The quantitative estimate of drug-likeness (QED) is 0.503. The number of thiazole rings is 1. The Hall–Kier alpha value is -2.93. The van der Waals surface area contributed by atoms with Crippen molar-refractivity contribution in [3.63, 3.8) is 0 Å². The van der Waals surface area contributed by atoms with Crippen LogP contribution in [0.4, 0.5) is 0 Å². The molecule has 1 aliphatic rings. The highest BCUT2D eigenvalue weighted by Crippen LogP contribution is 2.33. The fourth-order valence-corrected chi connectivity index (χ4v) is 4.72. The van der Waals surface area contributed by atoms with Crippen LogP contribution in [0.25, 0.3) is 11.3 Å². The van der Waals surface area contributed by atoms with Crippen molar-refractivity contribution in [3.05, 3.63) is 58.5 Å². The smallest absolute Gasteiger partial charge is 0.206 e. The molecule has 2 aromatic heterocycles. The first kappa shape index (κ1) is 21.3. The maximum Gasteiger partial charge on any atom is 0.206 e. The second-order valence-corrected chi connectivity index (χ2v) is 8.44. The molecule has 1 aromatic carbocycles. The first-order valence-electron chi connectivity index (χ1n) is 10.6. The summed E-state index contributed by atoms with van der Waals surface area (Å²) in [6.07, 6.45) is 7.86. The first-order chi connectivity index (χ1) is 15.2. The maximum absolute atomic E-state index is 5.67. The molecule has 1 saturated carbocycles. The molecule has 162 valence electrons. The zero-order valence-electron chi connectivity index (χ0n) is 18.2. The predicted octanol–water partition coefficient (Wildman–Crippen LogP) is 5.13. The average molecular weight is 437 g/mol. The van der Waals surface area contributed by atoms with Gasteiger partial charge in [0.1, 0.15) is 11.5 Å². The molecule has 31 heavy (non-hydrogen) atoms. The van der Waals surface area contributed by atoms with E-state index in [1.54, 1.807) is 31.8 Å². The van der Waals surface area contributed by atoms with Gasteiger partial charge in [0.2, 0.25) is 4.80 Å². The molecule has 0 N–H and O–H groups in total. The van der Waals surface area contributed by atoms with Crippen molar-refractivity contribution in [1.82, 2.24) is 9.66 Å². The summed E-state index contributed by atoms with van der Waals surface area (Å²) < 4.78 is 13.0. The lowest BCUT2D eigenvalue weighted by atomic mass is 9.96. The van der Waals surface area contributed by atoms with Gasteiger partial charge < -0.3 is 9.47 Å². The van der Waals surface area contributed by atoms with Crippen molar-refractivity contribution in [2.45, 2.75) is 45.1 Å². The molecule has 2 heterocycles. The Labute approximate surface area is 186 Å². The third-order valence-electron chi connectivity index (χ3n) is 5.52. The predicted molar refractivity (Wildman–Crippen MR) is 125 cm³/mol. The molecule has 3 aromatic rings. The van der Waals surface area contributed by atoms with Gasteiger partial charge in [-0.05, 0) is 44.0 Å². The summed E-state index contributed by atoms with van der Waals surface area (Å²) in [5.74, 6) is 1.49. The van der Waals surface area contributed by atoms with E-state index in [4.69, 9.17) is 19.6 Å². The minimum atomic E-state index is 0.356. The number of aromatic nitrogens is 2. The minimum Gasteiger partial charge on any atom is -0.497 e. The zero-order valence-corrected chi connectivity index (χ0v) is 19.1. The molecule has 1 fully saturated rings. The maximum atomic E-state index is 5.67. The van der Waals surface area contributed by atoms with E-state index >= 15 is 0 Å². The number of ether oxygens (including phenoxy) is 2. The number of methoxy groups -OCH3 is 2. The summed E-state index contributed by atoms with van der Waals surface area (Å²) in [6.45, 7) is 1.98. The van der Waals surface area contributed by atoms with E-state index in [0.29, 0.717) is 6.04 Å². The average Bonchev–Trinajstić information content (AvgIpc) is 3.21. The van der Waals surface area contributed by atoms with Crippen LogP contribution in [-0.4, -0.2) is 35.6 Å². The van der Waals surface area contributed by atoms with Crippen LogP contribution in [0.5, 0.6) is 11.5 Å². The third kappa shape index (κ3) is 4.88. The van der Waals surface area contributed by atoms with Crippen molar-refractivity contribution in [1.29, 1.82) is 0 Å². The summed E-state index contributed by atoms with van der Waals surface area (Å²) in [6, 6.07) is 12.0. The lowest BCUT2D eigenvalue weighted by Crippen LogP contribution is -2.20. The van der Waals surface area contributed by atoms with E-state index in [9.17, 15) is 0 Å². The van der Waals surface area contributed by atoms with Gasteiger partial charge in [0.15, 0.2) is 0 Å². The molecule has 0 aliphatic heterocycles. The molecule has 0 saturated heterocycles. The fourth-order valence-electron chi connectivity index (χ4n) is 3.83. The summed E-state index contributed by atoms with van der Waals surface area (Å²) in [5, 5.41) is 7.05. The molecule has 0 radical (unpaired) electrons. The Bertz CT molecular complexity index is 1110. The number of nitrogens with zero attached hydrogens (tertiary/aromatic N) is 4. The molecule has 0 unspecified atom stereocenters. The SMILES string of the molecule is COc1ccc(-c2csc(=NC3CCCCC3)n2N=C(C)c2ccccn2)c(OC)c1. The molecule has 4 rings (SSSR count). The highest BCUT2D eigenvalue weighted by atomic mass is 32.1. The van der Waals surface area contributed by atoms with Crippen molar-refractivity contribution in [2.75, 3.05) is 14.2 Å².